The van der Waals surface area contributed by atoms with Crippen LogP contribution in [-0.2, 0) is 10.2 Å². The van der Waals surface area contributed by atoms with Crippen LogP contribution in [0.5, 0.6) is 0 Å². The Bertz CT molecular complexity index is 350. The quantitative estimate of drug-likeness (QED) is 0.797. The minimum absolute atomic E-state index is 0.0993. The second-order valence-electron chi connectivity index (χ2n) is 5.61. The lowest BCUT2D eigenvalue weighted by atomic mass is 10.0. The zero-order valence-electron chi connectivity index (χ0n) is 11.2. The van der Waals surface area contributed by atoms with E-state index in [2.05, 4.69) is 17.0 Å². The summed E-state index contributed by atoms with van der Waals surface area (Å²) in [6.07, 6.45) is 5.00. The van der Waals surface area contributed by atoms with Gasteiger partial charge in [-0.1, -0.05) is 6.92 Å². The SMILES string of the molecule is CC1CCCN(S(=O)(=O)NC2CCCNCC2)C1. The second-order valence-corrected chi connectivity index (χ2v) is 7.31. The van der Waals surface area contributed by atoms with Crippen molar-refractivity contribution in [2.45, 2.75) is 45.1 Å². The Hall–Kier alpha value is -0.170. The van der Waals surface area contributed by atoms with E-state index in [0.29, 0.717) is 19.0 Å². The molecule has 2 heterocycles. The molecule has 0 amide bonds. The molecular formula is C12H25N3O2S. The Morgan fingerprint density at radius 2 is 2.00 bits per heavy atom. The van der Waals surface area contributed by atoms with Gasteiger partial charge in [-0.2, -0.15) is 17.4 Å². The maximum Gasteiger partial charge on any atom is 0.279 e. The first-order valence-corrected chi connectivity index (χ1v) is 8.50. The Balaban J connectivity index is 1.93. The summed E-state index contributed by atoms with van der Waals surface area (Å²) in [6.45, 7) is 5.37. The van der Waals surface area contributed by atoms with Crippen molar-refractivity contribution in [2.24, 2.45) is 5.92 Å². The second kappa shape index (κ2) is 6.32. The summed E-state index contributed by atoms with van der Waals surface area (Å²) in [7, 11) is -3.28. The molecule has 2 rings (SSSR count). The Labute approximate surface area is 110 Å². The summed E-state index contributed by atoms with van der Waals surface area (Å²) in [6, 6.07) is 0.0993. The summed E-state index contributed by atoms with van der Waals surface area (Å²) < 4.78 is 29.1. The Kier molecular flexibility index (Phi) is 5.00. The summed E-state index contributed by atoms with van der Waals surface area (Å²) >= 11 is 0. The van der Waals surface area contributed by atoms with Crippen molar-refractivity contribution in [3.8, 4) is 0 Å². The van der Waals surface area contributed by atoms with E-state index in [4.69, 9.17) is 0 Å². The average Bonchev–Trinajstić information content (AvgIpc) is 2.57. The molecule has 106 valence electrons. The summed E-state index contributed by atoms with van der Waals surface area (Å²) in [5, 5.41) is 3.30. The van der Waals surface area contributed by atoms with E-state index >= 15 is 0 Å². The summed E-state index contributed by atoms with van der Waals surface area (Å²) in [4.78, 5) is 0. The van der Waals surface area contributed by atoms with Crippen LogP contribution < -0.4 is 10.0 Å². The first kappa shape index (κ1) is 14.2. The highest BCUT2D eigenvalue weighted by Crippen LogP contribution is 2.18. The molecule has 2 saturated heterocycles. The van der Waals surface area contributed by atoms with Crippen molar-refractivity contribution < 1.29 is 8.42 Å². The third-order valence-electron chi connectivity index (χ3n) is 3.85. The molecule has 0 aromatic rings. The number of nitrogens with one attached hydrogen (secondary N) is 2. The third-order valence-corrected chi connectivity index (χ3v) is 5.49. The minimum Gasteiger partial charge on any atom is -0.317 e. The lowest BCUT2D eigenvalue weighted by molar-refractivity contribution is 0.276. The van der Waals surface area contributed by atoms with Gasteiger partial charge < -0.3 is 5.32 Å². The zero-order valence-corrected chi connectivity index (χ0v) is 12.0. The van der Waals surface area contributed by atoms with E-state index < -0.39 is 10.2 Å². The van der Waals surface area contributed by atoms with Gasteiger partial charge in [-0.3, -0.25) is 0 Å². The van der Waals surface area contributed by atoms with E-state index in [1.807, 2.05) is 0 Å². The van der Waals surface area contributed by atoms with Gasteiger partial charge in [-0.25, -0.2) is 0 Å². The average molecular weight is 275 g/mol. The van der Waals surface area contributed by atoms with Crippen LogP contribution in [0, 0.1) is 5.92 Å². The zero-order chi connectivity index (χ0) is 13.0. The lowest BCUT2D eigenvalue weighted by Crippen LogP contribution is -2.48. The van der Waals surface area contributed by atoms with E-state index in [1.165, 1.54) is 0 Å². The number of rotatable bonds is 3. The van der Waals surface area contributed by atoms with Crippen LogP contribution in [0.2, 0.25) is 0 Å². The number of hydrogen-bond acceptors (Lipinski definition) is 3. The highest BCUT2D eigenvalue weighted by atomic mass is 32.2. The molecule has 6 heteroatoms. The molecule has 2 aliphatic heterocycles. The first-order valence-electron chi connectivity index (χ1n) is 7.06. The topological polar surface area (TPSA) is 61.4 Å². The summed E-state index contributed by atoms with van der Waals surface area (Å²) in [5.74, 6) is 0.478. The predicted molar refractivity (Wildman–Crippen MR) is 72.5 cm³/mol. The molecule has 0 aromatic carbocycles. The molecule has 0 radical (unpaired) electrons. The fourth-order valence-corrected chi connectivity index (χ4v) is 4.41. The number of piperidine rings is 1. The van der Waals surface area contributed by atoms with Crippen molar-refractivity contribution in [1.82, 2.24) is 14.3 Å². The van der Waals surface area contributed by atoms with Gasteiger partial charge in [-0.05, 0) is 51.1 Å². The fourth-order valence-electron chi connectivity index (χ4n) is 2.79. The van der Waals surface area contributed by atoms with Gasteiger partial charge in [0, 0.05) is 19.1 Å². The number of nitrogens with zero attached hydrogens (tertiary/aromatic N) is 1. The van der Waals surface area contributed by atoms with Gasteiger partial charge in [0.1, 0.15) is 0 Å². The summed E-state index contributed by atoms with van der Waals surface area (Å²) in [5.41, 5.74) is 0. The molecule has 2 atom stereocenters. The molecule has 0 aliphatic carbocycles. The van der Waals surface area contributed by atoms with Crippen molar-refractivity contribution in [3.05, 3.63) is 0 Å². The maximum atomic E-state index is 12.3. The van der Waals surface area contributed by atoms with Gasteiger partial charge in [0.15, 0.2) is 0 Å². The van der Waals surface area contributed by atoms with E-state index in [-0.39, 0.29) is 6.04 Å². The third kappa shape index (κ3) is 3.91. The van der Waals surface area contributed by atoms with Crippen molar-refractivity contribution in [2.75, 3.05) is 26.2 Å². The molecule has 0 bridgehead atoms. The Morgan fingerprint density at radius 3 is 2.78 bits per heavy atom. The fraction of sp³-hybridized carbons (Fsp3) is 1.00. The highest BCUT2D eigenvalue weighted by Gasteiger charge is 2.29. The molecule has 0 spiro atoms. The Morgan fingerprint density at radius 1 is 1.17 bits per heavy atom. The van der Waals surface area contributed by atoms with Crippen LogP contribution >= 0.6 is 0 Å². The van der Waals surface area contributed by atoms with Crippen LogP contribution in [0.4, 0.5) is 0 Å². The van der Waals surface area contributed by atoms with Crippen LogP contribution in [0.1, 0.15) is 39.0 Å². The standard InChI is InChI=1S/C12H25N3O2S/c1-11-4-3-9-15(10-11)18(16,17)14-12-5-2-7-13-8-6-12/h11-14H,2-10H2,1H3. The maximum absolute atomic E-state index is 12.3. The first-order chi connectivity index (χ1) is 8.58. The van der Waals surface area contributed by atoms with Gasteiger partial charge in [0.2, 0.25) is 0 Å². The van der Waals surface area contributed by atoms with Crippen LogP contribution in [0.15, 0.2) is 0 Å². The van der Waals surface area contributed by atoms with Crippen molar-refractivity contribution >= 4 is 10.2 Å². The molecule has 5 nitrogen and oxygen atoms in total. The van der Waals surface area contributed by atoms with E-state index in [9.17, 15) is 8.42 Å². The normalized spacial score (nSPS) is 32.1. The largest absolute Gasteiger partial charge is 0.317 e. The molecule has 18 heavy (non-hydrogen) atoms. The molecule has 0 aromatic heterocycles. The van der Waals surface area contributed by atoms with Gasteiger partial charge in [0.05, 0.1) is 0 Å². The van der Waals surface area contributed by atoms with Gasteiger partial charge in [0.25, 0.3) is 10.2 Å². The molecule has 2 aliphatic rings. The van der Waals surface area contributed by atoms with Crippen molar-refractivity contribution in [1.29, 1.82) is 0 Å². The van der Waals surface area contributed by atoms with Crippen molar-refractivity contribution in [3.63, 3.8) is 0 Å². The van der Waals surface area contributed by atoms with Crippen LogP contribution in [0.3, 0.4) is 0 Å². The monoisotopic (exact) mass is 275 g/mol. The van der Waals surface area contributed by atoms with Crippen LogP contribution in [-0.4, -0.2) is 44.9 Å². The van der Waals surface area contributed by atoms with Crippen LogP contribution in [0.25, 0.3) is 0 Å². The predicted octanol–water partition coefficient (Wildman–Crippen LogP) is 0.695. The molecule has 2 fully saturated rings. The number of hydrogen-bond donors (Lipinski definition) is 2. The molecule has 2 N–H and O–H groups in total. The highest BCUT2D eigenvalue weighted by molar-refractivity contribution is 7.87. The lowest BCUT2D eigenvalue weighted by Gasteiger charge is -2.31. The molecular weight excluding hydrogens is 250 g/mol. The minimum atomic E-state index is -3.28. The van der Waals surface area contributed by atoms with Gasteiger partial charge >= 0.3 is 0 Å². The van der Waals surface area contributed by atoms with E-state index in [1.54, 1.807) is 4.31 Å². The van der Waals surface area contributed by atoms with Gasteiger partial charge in [-0.15, -0.1) is 0 Å². The molecule has 0 saturated carbocycles. The smallest absolute Gasteiger partial charge is 0.279 e. The van der Waals surface area contributed by atoms with E-state index in [0.717, 1.165) is 45.2 Å². The molecule has 2 unspecified atom stereocenters.